The molecule has 0 spiro atoms. The minimum atomic E-state index is -4.05. The van der Waals surface area contributed by atoms with E-state index in [9.17, 15) is 13.5 Å². The van der Waals surface area contributed by atoms with Gasteiger partial charge in [-0.05, 0) is 82.4 Å². The van der Waals surface area contributed by atoms with Crippen molar-refractivity contribution in [1.29, 1.82) is 0 Å². The Hall–Kier alpha value is -2.31. The molecule has 2 aromatic carbocycles. The van der Waals surface area contributed by atoms with Gasteiger partial charge in [0.25, 0.3) is 0 Å². The molecule has 1 N–H and O–H groups in total. The Kier molecular flexibility index (Phi) is 6.85. The molecule has 0 aromatic heterocycles. The molecule has 1 heterocycles. The molecule has 0 bridgehead atoms. The highest BCUT2D eigenvalue weighted by atomic mass is 32.2. The molecule has 0 saturated heterocycles. The van der Waals surface area contributed by atoms with Crippen LogP contribution in [0.5, 0.6) is 11.5 Å². The zero-order valence-electron chi connectivity index (χ0n) is 20.8. The molecule has 0 saturated carbocycles. The topological polar surface area (TPSA) is 72.8 Å². The number of hydrogen-bond acceptors (Lipinski definition) is 5. The number of rotatable bonds is 7. The number of fused-ring (bicyclic) bond motifs is 3. The number of allylic oxidation sites excluding steroid dienone is 1. The number of benzene rings is 2. The Morgan fingerprint density at radius 1 is 1.12 bits per heavy atom. The van der Waals surface area contributed by atoms with Crippen LogP contribution >= 0.6 is 0 Å². The number of hydrogen-bond donors (Lipinski definition) is 1. The van der Waals surface area contributed by atoms with Crippen LogP contribution in [0.15, 0.2) is 52.9 Å². The third kappa shape index (κ3) is 4.76. The maximum Gasteiger partial charge on any atom is 0.339 e. The van der Waals surface area contributed by atoms with Crippen LogP contribution in [0.1, 0.15) is 76.0 Å². The Bertz CT molecular complexity index is 1180. The van der Waals surface area contributed by atoms with E-state index in [-0.39, 0.29) is 22.5 Å². The van der Waals surface area contributed by atoms with Crippen molar-refractivity contribution in [3.05, 3.63) is 64.7 Å². The lowest BCUT2D eigenvalue weighted by Gasteiger charge is -2.48. The fourth-order valence-electron chi connectivity index (χ4n) is 5.25. The average molecular weight is 485 g/mol. The predicted octanol–water partition coefficient (Wildman–Crippen LogP) is 6.08. The van der Waals surface area contributed by atoms with Crippen LogP contribution in [0.25, 0.3) is 0 Å². The molecule has 4 rings (SSSR count). The number of aryl methyl sites for hydroxylation is 2. The summed E-state index contributed by atoms with van der Waals surface area (Å²) < 4.78 is 38.8. The molecule has 0 unspecified atom stereocenters. The summed E-state index contributed by atoms with van der Waals surface area (Å²) in [5.74, 6) is 0.567. The van der Waals surface area contributed by atoms with E-state index in [0.29, 0.717) is 11.3 Å². The summed E-state index contributed by atoms with van der Waals surface area (Å²) in [5.41, 5.74) is 2.99. The van der Waals surface area contributed by atoms with Crippen LogP contribution in [0.2, 0.25) is 0 Å². The van der Waals surface area contributed by atoms with Crippen LogP contribution in [-0.4, -0.2) is 25.2 Å². The van der Waals surface area contributed by atoms with Gasteiger partial charge in [0.1, 0.15) is 16.2 Å². The predicted molar refractivity (Wildman–Crippen MR) is 134 cm³/mol. The van der Waals surface area contributed by atoms with Crippen molar-refractivity contribution in [2.24, 2.45) is 5.92 Å². The second-order valence-corrected chi connectivity index (χ2v) is 11.8. The number of aliphatic hydroxyl groups is 1. The second kappa shape index (κ2) is 9.38. The van der Waals surface area contributed by atoms with Gasteiger partial charge in [0.2, 0.25) is 0 Å². The molecular weight excluding hydrogens is 448 g/mol. The van der Waals surface area contributed by atoms with Crippen LogP contribution in [0, 0.1) is 12.8 Å². The zero-order valence-corrected chi connectivity index (χ0v) is 21.6. The van der Waals surface area contributed by atoms with Crippen LogP contribution in [0.3, 0.4) is 0 Å². The summed E-state index contributed by atoms with van der Waals surface area (Å²) in [6.07, 6.45) is 6.08. The Balaban J connectivity index is 1.84. The van der Waals surface area contributed by atoms with E-state index < -0.39 is 21.8 Å². The SMILES string of the molecule is CCCCCc1cc2c(c(OS(=O)(=O)c3ccc(C)cc3)c1)[C@H]1[C@@H](CC=C(C)[C@@H]1O)C(C)(C)O2. The van der Waals surface area contributed by atoms with Gasteiger partial charge in [-0.1, -0.05) is 43.5 Å². The molecule has 5 nitrogen and oxygen atoms in total. The fourth-order valence-corrected chi connectivity index (χ4v) is 6.19. The lowest BCUT2D eigenvalue weighted by molar-refractivity contribution is -0.0207. The third-order valence-corrected chi connectivity index (χ3v) is 8.52. The van der Waals surface area contributed by atoms with E-state index >= 15 is 0 Å². The molecule has 2 aromatic rings. The summed E-state index contributed by atoms with van der Waals surface area (Å²) in [7, 11) is -4.05. The monoisotopic (exact) mass is 484 g/mol. The molecule has 2 aliphatic rings. The maximum absolute atomic E-state index is 13.3. The molecule has 0 amide bonds. The Labute approximate surface area is 203 Å². The highest BCUT2D eigenvalue weighted by Crippen LogP contribution is 2.54. The van der Waals surface area contributed by atoms with Crippen LogP contribution in [-0.2, 0) is 16.5 Å². The maximum atomic E-state index is 13.3. The minimum absolute atomic E-state index is 0.00549. The van der Waals surface area contributed by atoms with Crippen molar-refractivity contribution in [1.82, 2.24) is 0 Å². The summed E-state index contributed by atoms with van der Waals surface area (Å²) in [6.45, 7) is 10.1. The first-order valence-electron chi connectivity index (χ1n) is 12.2. The van der Waals surface area contributed by atoms with Gasteiger partial charge in [-0.15, -0.1) is 0 Å². The van der Waals surface area contributed by atoms with Gasteiger partial charge >= 0.3 is 10.1 Å². The molecule has 34 heavy (non-hydrogen) atoms. The van der Waals surface area contributed by atoms with E-state index in [1.807, 2.05) is 39.8 Å². The molecule has 184 valence electrons. The lowest BCUT2D eigenvalue weighted by atomic mass is 9.66. The molecule has 1 aliphatic carbocycles. The molecule has 0 radical (unpaired) electrons. The van der Waals surface area contributed by atoms with Crippen LogP contribution in [0.4, 0.5) is 0 Å². The number of aliphatic hydroxyl groups excluding tert-OH is 1. The van der Waals surface area contributed by atoms with Gasteiger partial charge in [0.15, 0.2) is 5.75 Å². The molecule has 3 atom stereocenters. The van der Waals surface area contributed by atoms with Gasteiger partial charge in [0, 0.05) is 17.4 Å². The van der Waals surface area contributed by atoms with E-state index in [0.717, 1.165) is 48.8 Å². The number of unbranched alkanes of at least 4 members (excludes halogenated alkanes) is 2. The summed E-state index contributed by atoms with van der Waals surface area (Å²) >= 11 is 0. The third-order valence-electron chi connectivity index (χ3n) is 7.28. The molecule has 1 aliphatic heterocycles. The van der Waals surface area contributed by atoms with E-state index in [2.05, 4.69) is 13.0 Å². The standard InChI is InChI=1S/C28H36O5S/c1-6-7-8-9-20-16-23-26(25-22(28(4,5)32-23)15-12-19(3)27(25)29)24(17-20)33-34(30,31)21-13-10-18(2)11-14-21/h10-14,16-17,22,25,27,29H,6-9,15H2,1-5H3/t22-,25-,27+/m1/s1. The van der Waals surface area contributed by atoms with E-state index in [1.165, 1.54) is 0 Å². The van der Waals surface area contributed by atoms with Crippen LogP contribution < -0.4 is 8.92 Å². The van der Waals surface area contributed by atoms with Gasteiger partial charge in [0.05, 0.1) is 6.10 Å². The average Bonchev–Trinajstić information content (AvgIpc) is 2.76. The van der Waals surface area contributed by atoms with Gasteiger partial charge in [-0.3, -0.25) is 0 Å². The number of ether oxygens (including phenoxy) is 1. The largest absolute Gasteiger partial charge is 0.487 e. The molecule has 6 heteroatoms. The van der Waals surface area contributed by atoms with Gasteiger partial charge in [-0.2, -0.15) is 8.42 Å². The highest BCUT2D eigenvalue weighted by Gasteiger charge is 2.49. The van der Waals surface area contributed by atoms with Crippen molar-refractivity contribution < 1.29 is 22.4 Å². The smallest absolute Gasteiger partial charge is 0.339 e. The van der Waals surface area contributed by atoms with E-state index in [1.54, 1.807) is 24.3 Å². The zero-order chi connectivity index (χ0) is 24.7. The Morgan fingerprint density at radius 3 is 2.50 bits per heavy atom. The lowest BCUT2D eigenvalue weighted by Crippen LogP contribution is -2.49. The molecular formula is C28H36O5S. The van der Waals surface area contributed by atoms with Gasteiger partial charge in [-0.25, -0.2) is 0 Å². The van der Waals surface area contributed by atoms with Crippen molar-refractivity contribution in [3.8, 4) is 11.5 Å². The fraction of sp³-hybridized carbons (Fsp3) is 0.500. The first kappa shape index (κ1) is 24.8. The van der Waals surface area contributed by atoms with Gasteiger partial charge < -0.3 is 14.0 Å². The first-order valence-corrected chi connectivity index (χ1v) is 13.7. The van der Waals surface area contributed by atoms with Crippen molar-refractivity contribution >= 4 is 10.1 Å². The molecule has 0 fully saturated rings. The normalized spacial score (nSPS) is 23.4. The summed E-state index contributed by atoms with van der Waals surface area (Å²) in [4.78, 5) is 0.108. The van der Waals surface area contributed by atoms with Crippen molar-refractivity contribution in [2.45, 2.75) is 89.2 Å². The van der Waals surface area contributed by atoms with Crippen molar-refractivity contribution in [3.63, 3.8) is 0 Å². The first-order chi connectivity index (χ1) is 16.0. The second-order valence-electron chi connectivity index (χ2n) is 10.3. The highest BCUT2D eigenvalue weighted by molar-refractivity contribution is 7.87. The Morgan fingerprint density at radius 2 is 1.82 bits per heavy atom. The minimum Gasteiger partial charge on any atom is -0.487 e. The van der Waals surface area contributed by atoms with E-state index in [4.69, 9.17) is 8.92 Å². The summed E-state index contributed by atoms with van der Waals surface area (Å²) in [5, 5.41) is 11.2. The van der Waals surface area contributed by atoms with Crippen molar-refractivity contribution in [2.75, 3.05) is 0 Å². The summed E-state index contributed by atoms with van der Waals surface area (Å²) in [6, 6.07) is 10.5. The quantitative estimate of drug-likeness (QED) is 0.293.